The normalized spacial score (nSPS) is 11.9. The molecule has 0 fully saturated rings. The summed E-state index contributed by atoms with van der Waals surface area (Å²) < 4.78 is 35.6. The van der Waals surface area contributed by atoms with Crippen LogP contribution < -0.4 is 20.1 Å². The Kier molecular flexibility index (Phi) is 10.1. The number of hydrogen-bond acceptors (Lipinski definition) is 7. The van der Waals surface area contributed by atoms with Crippen molar-refractivity contribution in [1.82, 2.24) is 10.6 Å². The number of ether oxygens (including phenoxy) is 2. The number of nitrogens with one attached hydrogen (secondary N) is 2. The summed E-state index contributed by atoms with van der Waals surface area (Å²) in [6.45, 7) is 2.06. The molecule has 0 saturated heterocycles. The van der Waals surface area contributed by atoms with E-state index < -0.39 is 33.0 Å². The summed E-state index contributed by atoms with van der Waals surface area (Å²) in [4.78, 5) is 35.2. The van der Waals surface area contributed by atoms with Crippen LogP contribution in [0.25, 0.3) is 0 Å². The van der Waals surface area contributed by atoms with Gasteiger partial charge in [0.05, 0.1) is 19.1 Å². The molecule has 3 N–H and O–H groups in total. The lowest BCUT2D eigenvalue weighted by atomic mass is 10.1. The Morgan fingerprint density at radius 2 is 1.66 bits per heavy atom. The monoisotopic (exact) mass is 506 g/mol. The average Bonchev–Trinajstić information content (AvgIpc) is 2.85. The van der Waals surface area contributed by atoms with Gasteiger partial charge in [0.2, 0.25) is 0 Å². The largest absolute Gasteiger partial charge is 0.493 e. The Labute approximate surface area is 204 Å². The Hall–Kier alpha value is -3.60. The predicted molar refractivity (Wildman–Crippen MR) is 129 cm³/mol. The number of carbonyl (C=O) groups is 3. The zero-order valence-electron chi connectivity index (χ0n) is 19.9. The maximum Gasteiger partial charge on any atom is 0.341 e. The van der Waals surface area contributed by atoms with E-state index in [1.807, 2.05) is 12.1 Å². The summed E-state index contributed by atoms with van der Waals surface area (Å²) in [7, 11) is -1.25. The maximum atomic E-state index is 12.6. The highest BCUT2D eigenvalue weighted by atomic mass is 32.2. The lowest BCUT2D eigenvalue weighted by Crippen LogP contribution is -2.38. The fourth-order valence-corrected chi connectivity index (χ4v) is 4.30. The molecule has 0 aliphatic heterocycles. The molecule has 190 valence electrons. The smallest absolute Gasteiger partial charge is 0.341 e. The van der Waals surface area contributed by atoms with E-state index >= 15 is 0 Å². The van der Waals surface area contributed by atoms with Gasteiger partial charge in [-0.3, -0.25) is 14.4 Å². The first kappa shape index (κ1) is 27.6. The second-order valence-electron chi connectivity index (χ2n) is 7.69. The third-order valence-corrected chi connectivity index (χ3v) is 6.84. The number of carbonyl (C=O) groups excluding carboxylic acids is 2. The van der Waals surface area contributed by atoms with Gasteiger partial charge in [0.25, 0.3) is 15.7 Å². The molecule has 0 aliphatic carbocycles. The van der Waals surface area contributed by atoms with E-state index in [0.29, 0.717) is 30.9 Å². The van der Waals surface area contributed by atoms with Gasteiger partial charge in [-0.1, -0.05) is 13.0 Å². The fraction of sp³-hybridized carbons (Fsp3) is 0.375. The molecule has 2 amide bonds. The standard InChI is InChI=1S/C24H30N2O8S/c1-4-18(8-12-22(27)28)26-24(30)35(31,32)19-9-6-17(7-10-19)23(29)25-14-13-16-5-11-20(33-2)21(15-16)34-3/h5-7,9-11,15,18H,4,8,12-14H2,1-3H3,(H,25,29)(H,26,30)(H,27,28). The molecule has 1 unspecified atom stereocenters. The molecular weight excluding hydrogens is 476 g/mol. The van der Waals surface area contributed by atoms with Crippen LogP contribution in [0.15, 0.2) is 47.4 Å². The molecule has 0 spiro atoms. The topological polar surface area (TPSA) is 148 Å². The van der Waals surface area contributed by atoms with Crippen LogP contribution in [0.4, 0.5) is 4.79 Å². The summed E-state index contributed by atoms with van der Waals surface area (Å²) in [5.41, 5.74) is 1.17. The lowest BCUT2D eigenvalue weighted by Gasteiger charge is -2.16. The van der Waals surface area contributed by atoms with E-state index in [1.165, 1.54) is 24.3 Å². The molecular formula is C24H30N2O8S. The van der Waals surface area contributed by atoms with E-state index in [4.69, 9.17) is 14.6 Å². The number of carboxylic acid groups (broad SMARTS) is 1. The van der Waals surface area contributed by atoms with Gasteiger partial charge in [-0.2, -0.15) is 0 Å². The number of aliphatic carboxylic acids is 1. The molecule has 2 aromatic carbocycles. The van der Waals surface area contributed by atoms with Gasteiger partial charge in [0, 0.05) is 24.6 Å². The first-order chi connectivity index (χ1) is 16.6. The molecule has 2 rings (SSSR count). The van der Waals surface area contributed by atoms with Crippen molar-refractivity contribution in [3.05, 3.63) is 53.6 Å². The van der Waals surface area contributed by atoms with Gasteiger partial charge in [-0.25, -0.2) is 8.42 Å². The Balaban J connectivity index is 1.96. The summed E-state index contributed by atoms with van der Waals surface area (Å²) in [6.07, 6.45) is 0.861. The number of amides is 2. The van der Waals surface area contributed by atoms with Gasteiger partial charge >= 0.3 is 11.2 Å². The van der Waals surface area contributed by atoms with Crippen LogP contribution in [0.2, 0.25) is 0 Å². The van der Waals surface area contributed by atoms with Crippen LogP contribution in [0.5, 0.6) is 11.5 Å². The first-order valence-corrected chi connectivity index (χ1v) is 12.5. The minimum atomic E-state index is -4.34. The predicted octanol–water partition coefficient (Wildman–Crippen LogP) is 2.80. The highest BCUT2D eigenvalue weighted by molar-refractivity contribution is 8.06. The average molecular weight is 507 g/mol. The van der Waals surface area contributed by atoms with E-state index in [1.54, 1.807) is 27.2 Å². The van der Waals surface area contributed by atoms with Crippen molar-refractivity contribution in [2.75, 3.05) is 20.8 Å². The van der Waals surface area contributed by atoms with Crippen LogP contribution in [-0.4, -0.2) is 57.4 Å². The molecule has 0 saturated carbocycles. The summed E-state index contributed by atoms with van der Waals surface area (Å²) in [5.74, 6) is -0.226. The van der Waals surface area contributed by atoms with Crippen molar-refractivity contribution in [1.29, 1.82) is 0 Å². The zero-order valence-corrected chi connectivity index (χ0v) is 20.7. The van der Waals surface area contributed by atoms with E-state index in [-0.39, 0.29) is 23.3 Å². The molecule has 11 heteroatoms. The molecule has 10 nitrogen and oxygen atoms in total. The summed E-state index contributed by atoms with van der Waals surface area (Å²) in [5, 5.41) is 12.7. The van der Waals surface area contributed by atoms with Crippen LogP contribution in [0.3, 0.4) is 0 Å². The van der Waals surface area contributed by atoms with Crippen molar-refractivity contribution in [2.45, 2.75) is 43.5 Å². The number of carboxylic acids is 1. The number of sulfone groups is 1. The number of hydrogen-bond donors (Lipinski definition) is 3. The van der Waals surface area contributed by atoms with E-state index in [9.17, 15) is 22.8 Å². The minimum absolute atomic E-state index is 0.121. The van der Waals surface area contributed by atoms with Crippen molar-refractivity contribution in [3.8, 4) is 11.5 Å². The number of benzene rings is 2. The molecule has 0 radical (unpaired) electrons. The van der Waals surface area contributed by atoms with E-state index in [2.05, 4.69) is 10.6 Å². The van der Waals surface area contributed by atoms with Crippen molar-refractivity contribution >= 4 is 27.0 Å². The van der Waals surface area contributed by atoms with Gasteiger partial charge in [-0.15, -0.1) is 0 Å². The fourth-order valence-electron chi connectivity index (χ4n) is 3.27. The molecule has 1 atom stereocenters. The maximum absolute atomic E-state index is 12.6. The quantitative estimate of drug-likeness (QED) is 0.398. The minimum Gasteiger partial charge on any atom is -0.493 e. The summed E-state index contributed by atoms with van der Waals surface area (Å²) >= 11 is 0. The molecule has 0 bridgehead atoms. The second-order valence-corrected chi connectivity index (χ2v) is 9.54. The van der Waals surface area contributed by atoms with Crippen LogP contribution in [-0.2, 0) is 21.1 Å². The molecule has 0 aliphatic rings. The van der Waals surface area contributed by atoms with Crippen molar-refractivity contribution in [3.63, 3.8) is 0 Å². The summed E-state index contributed by atoms with van der Waals surface area (Å²) in [6, 6.07) is 9.92. The third kappa shape index (κ3) is 7.71. The molecule has 0 heterocycles. The number of rotatable bonds is 12. The third-order valence-electron chi connectivity index (χ3n) is 5.34. The number of methoxy groups -OCH3 is 2. The lowest BCUT2D eigenvalue weighted by molar-refractivity contribution is -0.137. The van der Waals surface area contributed by atoms with Gasteiger partial charge < -0.3 is 25.2 Å². The van der Waals surface area contributed by atoms with Crippen LogP contribution >= 0.6 is 0 Å². The SMILES string of the molecule is CCC(CCC(=O)O)NC(=O)S(=O)(=O)c1ccc(C(=O)NCCc2ccc(OC)c(OC)c2)cc1. The highest BCUT2D eigenvalue weighted by Crippen LogP contribution is 2.27. The Bertz CT molecular complexity index is 1150. The van der Waals surface area contributed by atoms with E-state index in [0.717, 1.165) is 5.56 Å². The zero-order chi connectivity index (χ0) is 26.0. The van der Waals surface area contributed by atoms with Gasteiger partial charge in [0.15, 0.2) is 11.5 Å². The second kappa shape index (κ2) is 12.7. The molecule has 35 heavy (non-hydrogen) atoms. The van der Waals surface area contributed by atoms with Crippen molar-refractivity contribution < 1.29 is 37.4 Å². The highest BCUT2D eigenvalue weighted by Gasteiger charge is 2.27. The van der Waals surface area contributed by atoms with Crippen LogP contribution in [0, 0.1) is 0 Å². The van der Waals surface area contributed by atoms with Gasteiger partial charge in [-0.05, 0) is 61.2 Å². The van der Waals surface area contributed by atoms with Crippen molar-refractivity contribution in [2.24, 2.45) is 0 Å². The molecule has 0 aromatic heterocycles. The Morgan fingerprint density at radius 1 is 1.00 bits per heavy atom. The Morgan fingerprint density at radius 3 is 2.23 bits per heavy atom. The van der Waals surface area contributed by atoms with Crippen LogP contribution in [0.1, 0.15) is 42.1 Å². The molecule has 2 aromatic rings. The first-order valence-electron chi connectivity index (χ1n) is 11.0. The van der Waals surface area contributed by atoms with Gasteiger partial charge in [0.1, 0.15) is 0 Å².